The van der Waals surface area contributed by atoms with Crippen molar-refractivity contribution in [2.45, 2.75) is 17.6 Å². The summed E-state index contributed by atoms with van der Waals surface area (Å²) in [5.41, 5.74) is 2.19. The summed E-state index contributed by atoms with van der Waals surface area (Å²) in [7, 11) is -1.12. The third-order valence-electron chi connectivity index (χ3n) is 2.46. The summed E-state index contributed by atoms with van der Waals surface area (Å²) < 4.78 is 24.8. The summed E-state index contributed by atoms with van der Waals surface area (Å²) in [5, 5.41) is 0. The van der Waals surface area contributed by atoms with Gasteiger partial charge in [0.15, 0.2) is 0 Å². The summed E-state index contributed by atoms with van der Waals surface area (Å²) in [6.07, 6.45) is 0. The molecule has 0 aliphatic rings. The Balaban J connectivity index is 2.14. The van der Waals surface area contributed by atoms with Gasteiger partial charge in [0.2, 0.25) is 0 Å². The van der Waals surface area contributed by atoms with Crippen molar-refractivity contribution in [2.24, 2.45) is 0 Å². The zero-order valence-corrected chi connectivity index (χ0v) is 10.3. The van der Waals surface area contributed by atoms with Gasteiger partial charge >= 0.3 is 0 Å². The molecule has 0 aromatic heterocycles. The van der Waals surface area contributed by atoms with Gasteiger partial charge < -0.3 is 0 Å². The number of rotatable bonds is 3. The molecule has 0 aliphatic carbocycles. The van der Waals surface area contributed by atoms with Gasteiger partial charge in [-0.05, 0) is 36.8 Å². The van der Waals surface area contributed by atoms with Crippen molar-refractivity contribution in [3.05, 3.63) is 65.5 Å². The van der Waals surface area contributed by atoms with Crippen LogP contribution in [0.25, 0.3) is 0 Å². The molecule has 2 rings (SSSR count). The molecule has 0 aliphatic heterocycles. The second-order valence-electron chi connectivity index (χ2n) is 3.93. The Morgan fingerprint density at radius 2 is 1.82 bits per heavy atom. The van der Waals surface area contributed by atoms with Gasteiger partial charge in [0, 0.05) is 4.90 Å². The maximum absolute atomic E-state index is 12.7. The minimum Gasteiger partial charge on any atom is -0.254 e. The summed E-state index contributed by atoms with van der Waals surface area (Å²) in [4.78, 5) is 0.660. The second kappa shape index (κ2) is 5.23. The van der Waals surface area contributed by atoms with Crippen LogP contribution < -0.4 is 0 Å². The van der Waals surface area contributed by atoms with Gasteiger partial charge in [0.1, 0.15) is 5.82 Å². The second-order valence-corrected chi connectivity index (χ2v) is 5.38. The van der Waals surface area contributed by atoms with E-state index in [0.29, 0.717) is 10.6 Å². The van der Waals surface area contributed by atoms with Gasteiger partial charge in [-0.2, -0.15) is 0 Å². The topological polar surface area (TPSA) is 17.1 Å². The Hall–Kier alpha value is -1.48. The van der Waals surface area contributed by atoms with Crippen molar-refractivity contribution < 1.29 is 8.60 Å². The molecule has 0 fully saturated rings. The largest absolute Gasteiger partial charge is 0.254 e. The third kappa shape index (κ3) is 3.24. The van der Waals surface area contributed by atoms with Gasteiger partial charge in [0.05, 0.1) is 16.6 Å². The van der Waals surface area contributed by atoms with Crippen LogP contribution in [0.3, 0.4) is 0 Å². The summed E-state index contributed by atoms with van der Waals surface area (Å²) >= 11 is 0. The Morgan fingerprint density at radius 3 is 2.47 bits per heavy atom. The fraction of sp³-hybridized carbons (Fsp3) is 0.143. The van der Waals surface area contributed by atoms with E-state index in [0.717, 1.165) is 11.1 Å². The maximum Gasteiger partial charge on any atom is 0.123 e. The van der Waals surface area contributed by atoms with E-state index in [1.807, 2.05) is 31.2 Å². The fourth-order valence-electron chi connectivity index (χ4n) is 1.62. The number of benzene rings is 2. The minimum absolute atomic E-state index is 0.304. The third-order valence-corrected chi connectivity index (χ3v) is 3.85. The standard InChI is InChI=1S/C14H13FOS/c1-11-3-2-4-12(9-11)10-17(16)14-7-5-13(15)6-8-14/h2-9H,10H2,1H3. The average Bonchev–Trinajstić information content (AvgIpc) is 2.29. The predicted molar refractivity (Wildman–Crippen MR) is 67.7 cm³/mol. The molecule has 2 aromatic carbocycles. The molecule has 0 amide bonds. The van der Waals surface area contributed by atoms with E-state index in [2.05, 4.69) is 0 Å². The van der Waals surface area contributed by atoms with Crippen LogP contribution in [0.4, 0.5) is 4.39 Å². The molecule has 1 nitrogen and oxygen atoms in total. The fourth-order valence-corrected chi connectivity index (χ4v) is 2.71. The highest BCUT2D eigenvalue weighted by molar-refractivity contribution is 7.84. The Kier molecular flexibility index (Phi) is 3.69. The van der Waals surface area contributed by atoms with Crippen LogP contribution >= 0.6 is 0 Å². The van der Waals surface area contributed by atoms with E-state index < -0.39 is 10.8 Å². The van der Waals surface area contributed by atoms with E-state index in [1.54, 1.807) is 12.1 Å². The van der Waals surface area contributed by atoms with E-state index >= 15 is 0 Å². The van der Waals surface area contributed by atoms with Gasteiger partial charge in [-0.25, -0.2) is 4.39 Å². The molecule has 0 saturated carbocycles. The number of halogens is 1. The normalized spacial score (nSPS) is 12.4. The summed E-state index contributed by atoms with van der Waals surface area (Å²) in [5.74, 6) is 0.161. The maximum atomic E-state index is 12.7. The lowest BCUT2D eigenvalue weighted by atomic mass is 10.2. The van der Waals surface area contributed by atoms with Crippen molar-refractivity contribution in [3.8, 4) is 0 Å². The molecule has 1 atom stereocenters. The summed E-state index contributed by atoms with van der Waals surface area (Å²) in [6.45, 7) is 2.00. The molecule has 0 saturated heterocycles. The van der Waals surface area contributed by atoms with Crippen LogP contribution in [0.2, 0.25) is 0 Å². The van der Waals surface area contributed by atoms with Crippen molar-refractivity contribution in [2.75, 3.05) is 0 Å². The predicted octanol–water partition coefficient (Wildman–Crippen LogP) is 3.44. The first-order chi connectivity index (χ1) is 8.15. The molecule has 0 spiro atoms. The molecule has 17 heavy (non-hydrogen) atoms. The zero-order chi connectivity index (χ0) is 12.3. The Bertz CT molecular complexity index is 534. The molecular formula is C14H13FOS. The molecular weight excluding hydrogens is 235 g/mol. The van der Waals surface area contributed by atoms with Gasteiger partial charge in [-0.1, -0.05) is 29.8 Å². The number of hydrogen-bond acceptors (Lipinski definition) is 1. The Labute approximate surface area is 103 Å². The highest BCUT2D eigenvalue weighted by Crippen LogP contribution is 2.14. The first kappa shape index (κ1) is 12.0. The Morgan fingerprint density at radius 1 is 1.12 bits per heavy atom. The van der Waals surface area contributed by atoms with Crippen molar-refractivity contribution in [3.63, 3.8) is 0 Å². The zero-order valence-electron chi connectivity index (χ0n) is 9.52. The molecule has 0 radical (unpaired) electrons. The van der Waals surface area contributed by atoms with E-state index in [1.165, 1.54) is 12.1 Å². The van der Waals surface area contributed by atoms with Crippen LogP contribution in [0.15, 0.2) is 53.4 Å². The van der Waals surface area contributed by atoms with Crippen LogP contribution in [-0.4, -0.2) is 4.21 Å². The highest BCUT2D eigenvalue weighted by atomic mass is 32.2. The molecule has 0 bridgehead atoms. The molecule has 3 heteroatoms. The van der Waals surface area contributed by atoms with Crippen LogP contribution in [-0.2, 0) is 16.6 Å². The first-order valence-corrected chi connectivity index (χ1v) is 6.66. The number of aryl methyl sites for hydroxylation is 1. The van der Waals surface area contributed by atoms with Crippen LogP contribution in [0, 0.1) is 12.7 Å². The van der Waals surface area contributed by atoms with E-state index in [-0.39, 0.29) is 5.82 Å². The number of hydrogen-bond donors (Lipinski definition) is 0. The highest BCUT2D eigenvalue weighted by Gasteiger charge is 2.05. The van der Waals surface area contributed by atoms with Gasteiger partial charge in [-0.3, -0.25) is 4.21 Å². The van der Waals surface area contributed by atoms with Gasteiger partial charge in [0.25, 0.3) is 0 Å². The lowest BCUT2D eigenvalue weighted by Crippen LogP contribution is -1.96. The first-order valence-electron chi connectivity index (χ1n) is 5.34. The van der Waals surface area contributed by atoms with E-state index in [9.17, 15) is 8.60 Å². The minimum atomic E-state index is -1.12. The van der Waals surface area contributed by atoms with Crippen LogP contribution in [0.5, 0.6) is 0 Å². The average molecular weight is 248 g/mol. The molecule has 88 valence electrons. The SMILES string of the molecule is Cc1cccc(CS(=O)c2ccc(F)cc2)c1. The lowest BCUT2D eigenvalue weighted by Gasteiger charge is -2.03. The molecule has 1 unspecified atom stereocenters. The molecule has 0 heterocycles. The van der Waals surface area contributed by atoms with Crippen molar-refractivity contribution in [1.29, 1.82) is 0 Å². The molecule has 2 aromatic rings. The van der Waals surface area contributed by atoms with Crippen molar-refractivity contribution in [1.82, 2.24) is 0 Å². The van der Waals surface area contributed by atoms with Gasteiger partial charge in [-0.15, -0.1) is 0 Å². The summed E-state index contributed by atoms with van der Waals surface area (Å²) in [6, 6.07) is 13.7. The van der Waals surface area contributed by atoms with E-state index in [4.69, 9.17) is 0 Å². The lowest BCUT2D eigenvalue weighted by molar-refractivity contribution is 0.626. The molecule has 0 N–H and O–H groups in total. The quantitative estimate of drug-likeness (QED) is 0.813. The monoisotopic (exact) mass is 248 g/mol. The van der Waals surface area contributed by atoms with Crippen LogP contribution in [0.1, 0.15) is 11.1 Å². The van der Waals surface area contributed by atoms with Crippen molar-refractivity contribution >= 4 is 10.8 Å². The smallest absolute Gasteiger partial charge is 0.123 e.